The second-order valence-electron chi connectivity index (χ2n) is 13.9. The first kappa shape index (κ1) is 27.8. The SMILES string of the molecule is CC1CCC2(Cc3nc(OCC45CCCN4CC(F)C5)nc(N4CC(C)(C)C4CO)c3CO2)c2c1ccc(N)c2C#N. The Morgan fingerprint density at radius 2 is 2.12 bits per heavy atom. The summed E-state index contributed by atoms with van der Waals surface area (Å²) in [4.78, 5) is 14.3. The van der Waals surface area contributed by atoms with E-state index in [2.05, 4.69) is 36.6 Å². The fraction of sp³-hybridized carbons (Fsp3) is 0.656. The number of ether oxygens (including phenoxy) is 2. The van der Waals surface area contributed by atoms with Crippen LogP contribution in [0.2, 0.25) is 0 Å². The van der Waals surface area contributed by atoms with Crippen molar-refractivity contribution in [2.75, 3.05) is 43.5 Å². The van der Waals surface area contributed by atoms with Gasteiger partial charge >= 0.3 is 6.01 Å². The normalized spacial score (nSPS) is 33.0. The molecule has 4 aliphatic heterocycles. The van der Waals surface area contributed by atoms with Gasteiger partial charge in [-0.15, -0.1) is 0 Å². The molecule has 224 valence electrons. The van der Waals surface area contributed by atoms with E-state index in [4.69, 9.17) is 25.2 Å². The number of hydrogen-bond donors (Lipinski definition) is 2. The number of benzene rings is 1. The molecule has 5 aliphatic rings. The molecule has 1 aliphatic carbocycles. The van der Waals surface area contributed by atoms with Crippen molar-refractivity contribution in [1.29, 1.82) is 5.26 Å². The number of nitrogens with two attached hydrogens (primary N) is 1. The molecule has 0 saturated carbocycles. The Morgan fingerprint density at radius 3 is 2.88 bits per heavy atom. The Hall–Kier alpha value is -3.00. The minimum atomic E-state index is -0.838. The van der Waals surface area contributed by atoms with Crippen molar-refractivity contribution in [2.45, 2.75) is 95.2 Å². The first-order chi connectivity index (χ1) is 20.1. The number of fused-ring (bicyclic) bond motifs is 4. The van der Waals surface area contributed by atoms with Crippen LogP contribution >= 0.6 is 0 Å². The predicted molar refractivity (Wildman–Crippen MR) is 156 cm³/mol. The Labute approximate surface area is 246 Å². The topological polar surface area (TPSA) is 121 Å². The van der Waals surface area contributed by atoms with Gasteiger partial charge in [0, 0.05) is 48.2 Å². The third-order valence-corrected chi connectivity index (χ3v) is 10.9. The molecule has 5 unspecified atom stereocenters. The lowest BCUT2D eigenvalue weighted by atomic mass is 9.69. The van der Waals surface area contributed by atoms with Crippen molar-refractivity contribution >= 4 is 11.5 Å². The van der Waals surface area contributed by atoms with Gasteiger partial charge in [0.15, 0.2) is 0 Å². The van der Waals surface area contributed by atoms with Crippen molar-refractivity contribution in [2.24, 2.45) is 5.41 Å². The van der Waals surface area contributed by atoms with Crippen molar-refractivity contribution in [1.82, 2.24) is 14.9 Å². The summed E-state index contributed by atoms with van der Waals surface area (Å²) in [6, 6.07) is 6.42. The van der Waals surface area contributed by atoms with Crippen LogP contribution in [-0.4, -0.2) is 70.6 Å². The summed E-state index contributed by atoms with van der Waals surface area (Å²) in [5, 5.41) is 20.4. The number of nitrogen functional groups attached to an aromatic ring is 1. The number of aliphatic hydroxyl groups is 1. The van der Waals surface area contributed by atoms with E-state index >= 15 is 0 Å². The van der Waals surface area contributed by atoms with Gasteiger partial charge in [0.1, 0.15) is 30.3 Å². The van der Waals surface area contributed by atoms with Gasteiger partial charge in [0.05, 0.1) is 36.1 Å². The number of rotatable bonds is 5. The summed E-state index contributed by atoms with van der Waals surface area (Å²) in [6.07, 6.45) is 3.72. The second kappa shape index (κ2) is 9.76. The van der Waals surface area contributed by atoms with E-state index in [1.165, 1.54) is 0 Å². The summed E-state index contributed by atoms with van der Waals surface area (Å²) < 4.78 is 27.6. The summed E-state index contributed by atoms with van der Waals surface area (Å²) in [6.45, 7) is 9.22. The third kappa shape index (κ3) is 4.11. The maximum atomic E-state index is 14.5. The zero-order valence-electron chi connectivity index (χ0n) is 24.8. The molecule has 3 fully saturated rings. The van der Waals surface area contributed by atoms with Crippen LogP contribution in [0.25, 0.3) is 0 Å². The van der Waals surface area contributed by atoms with Crippen molar-refractivity contribution in [3.05, 3.63) is 40.1 Å². The Bertz CT molecular complexity index is 1460. The molecule has 0 radical (unpaired) electrons. The number of alkyl halides is 1. The minimum absolute atomic E-state index is 0.0127. The molecular formula is C32H41FN6O3. The van der Waals surface area contributed by atoms with Crippen LogP contribution in [0.3, 0.4) is 0 Å². The van der Waals surface area contributed by atoms with E-state index in [-0.39, 0.29) is 42.1 Å². The smallest absolute Gasteiger partial charge is 0.318 e. The molecule has 1 aromatic carbocycles. The summed E-state index contributed by atoms with van der Waals surface area (Å²) in [5.41, 5.74) is 9.89. The van der Waals surface area contributed by atoms with Crippen LogP contribution < -0.4 is 15.4 Å². The number of aliphatic hydroxyl groups excluding tert-OH is 1. The van der Waals surface area contributed by atoms with Crippen LogP contribution in [0, 0.1) is 16.7 Å². The van der Waals surface area contributed by atoms with Gasteiger partial charge < -0.3 is 25.2 Å². The zero-order chi connectivity index (χ0) is 29.4. The average molecular weight is 577 g/mol. The molecule has 1 spiro atoms. The molecule has 7 rings (SSSR count). The van der Waals surface area contributed by atoms with Crippen molar-refractivity contribution in [3.63, 3.8) is 0 Å². The number of aromatic nitrogens is 2. The average Bonchev–Trinajstić information content (AvgIpc) is 3.48. The fourth-order valence-electron chi connectivity index (χ4n) is 8.51. The lowest BCUT2D eigenvalue weighted by Gasteiger charge is -2.55. The quantitative estimate of drug-likeness (QED) is 0.510. The highest BCUT2D eigenvalue weighted by molar-refractivity contribution is 5.64. The van der Waals surface area contributed by atoms with Gasteiger partial charge in [-0.1, -0.05) is 26.8 Å². The Balaban J connectivity index is 1.29. The third-order valence-electron chi connectivity index (χ3n) is 10.9. The van der Waals surface area contributed by atoms with E-state index in [1.54, 1.807) is 0 Å². The molecule has 0 bridgehead atoms. The van der Waals surface area contributed by atoms with Crippen molar-refractivity contribution < 1.29 is 19.0 Å². The maximum Gasteiger partial charge on any atom is 0.318 e. The predicted octanol–water partition coefficient (Wildman–Crippen LogP) is 3.96. The Morgan fingerprint density at radius 1 is 1.29 bits per heavy atom. The van der Waals surface area contributed by atoms with Crippen LogP contribution in [0.4, 0.5) is 15.9 Å². The first-order valence-electron chi connectivity index (χ1n) is 15.4. The van der Waals surface area contributed by atoms with Crippen LogP contribution in [0.15, 0.2) is 12.1 Å². The van der Waals surface area contributed by atoms with Crippen LogP contribution in [-0.2, 0) is 23.4 Å². The molecule has 2 aromatic rings. The minimum Gasteiger partial charge on any atom is -0.461 e. The van der Waals surface area contributed by atoms with Gasteiger partial charge in [-0.05, 0) is 49.8 Å². The fourth-order valence-corrected chi connectivity index (χ4v) is 8.51. The largest absolute Gasteiger partial charge is 0.461 e. The highest BCUT2D eigenvalue weighted by Crippen LogP contribution is 2.52. The van der Waals surface area contributed by atoms with Crippen LogP contribution in [0.1, 0.15) is 86.7 Å². The van der Waals surface area contributed by atoms with Gasteiger partial charge in [-0.25, -0.2) is 4.39 Å². The first-order valence-corrected chi connectivity index (χ1v) is 15.4. The lowest BCUT2D eigenvalue weighted by molar-refractivity contribution is -0.0875. The van der Waals surface area contributed by atoms with E-state index in [9.17, 15) is 14.8 Å². The summed E-state index contributed by atoms with van der Waals surface area (Å²) in [5.74, 6) is 1.02. The number of nitrogens with zero attached hydrogens (tertiary/aromatic N) is 5. The lowest BCUT2D eigenvalue weighted by Crippen LogP contribution is -2.64. The molecule has 10 heteroatoms. The number of anilines is 2. The number of halogens is 1. The number of hydrogen-bond acceptors (Lipinski definition) is 9. The van der Waals surface area contributed by atoms with E-state index in [0.29, 0.717) is 37.2 Å². The molecule has 3 saturated heterocycles. The molecule has 0 amide bonds. The monoisotopic (exact) mass is 576 g/mol. The molecule has 1 aromatic heterocycles. The van der Waals surface area contributed by atoms with Gasteiger partial charge in [-0.2, -0.15) is 15.2 Å². The van der Waals surface area contributed by atoms with E-state index in [1.807, 2.05) is 12.1 Å². The van der Waals surface area contributed by atoms with Gasteiger partial charge in [0.2, 0.25) is 0 Å². The molecule has 42 heavy (non-hydrogen) atoms. The highest BCUT2D eigenvalue weighted by Gasteiger charge is 2.51. The maximum absolute atomic E-state index is 14.5. The summed E-state index contributed by atoms with van der Waals surface area (Å²) >= 11 is 0. The molecule has 3 N–H and O–H groups in total. The number of nitriles is 1. The molecular weight excluding hydrogens is 535 g/mol. The van der Waals surface area contributed by atoms with Crippen LogP contribution in [0.5, 0.6) is 6.01 Å². The molecule has 9 nitrogen and oxygen atoms in total. The summed E-state index contributed by atoms with van der Waals surface area (Å²) in [7, 11) is 0. The Kier molecular flexibility index (Phi) is 6.46. The standard InChI is InChI=1S/C32H41FN6O3/c1-19-7-9-32(27-21(19)5-6-24(35)22(27)13-34)12-25-23(16-42-32)28(39-17-30(2,3)26(39)15-40)37-29(36-25)41-18-31-8-4-10-38(31)14-20(33)11-31/h5-6,19-20,26,40H,4,7-12,14-18,35H2,1-3H3. The highest BCUT2D eigenvalue weighted by atomic mass is 19.1. The molecule has 5 atom stereocenters. The second-order valence-corrected chi connectivity index (χ2v) is 13.9. The van der Waals surface area contributed by atoms with Crippen molar-refractivity contribution in [3.8, 4) is 12.1 Å². The zero-order valence-corrected chi connectivity index (χ0v) is 24.8. The molecule has 5 heterocycles. The van der Waals surface area contributed by atoms with Gasteiger partial charge in [-0.3, -0.25) is 4.90 Å². The van der Waals surface area contributed by atoms with E-state index < -0.39 is 11.8 Å². The van der Waals surface area contributed by atoms with E-state index in [0.717, 1.165) is 67.0 Å². The van der Waals surface area contributed by atoms with Gasteiger partial charge in [0.25, 0.3) is 0 Å².